The summed E-state index contributed by atoms with van der Waals surface area (Å²) in [5.41, 5.74) is 16.2. The molecule has 0 aromatic heterocycles. The smallest absolute Gasteiger partial charge is 0.302 e. The van der Waals surface area contributed by atoms with Gasteiger partial charge in [0.05, 0.1) is 6.61 Å². The van der Waals surface area contributed by atoms with E-state index in [2.05, 4.69) is 159 Å². The first-order valence-electron chi connectivity index (χ1n) is 26.4. The second-order valence-corrected chi connectivity index (χ2v) is 23.3. The van der Waals surface area contributed by atoms with E-state index in [1.807, 2.05) is 6.92 Å². The first kappa shape index (κ1) is 66.4. The summed E-state index contributed by atoms with van der Waals surface area (Å²) in [7, 11) is -9.86. The third-order valence-corrected chi connectivity index (χ3v) is 14.8. The Labute approximate surface area is 424 Å². The molecule has 0 aliphatic carbocycles. The van der Waals surface area contributed by atoms with Gasteiger partial charge in [-0.25, -0.2) is 9.13 Å². The van der Waals surface area contributed by atoms with Gasteiger partial charge in [-0.1, -0.05) is 135 Å². The molecule has 69 heavy (non-hydrogen) atoms. The van der Waals surface area contributed by atoms with Crippen LogP contribution in [0.5, 0.6) is 0 Å². The second kappa shape index (κ2) is 39.9. The maximum atomic E-state index is 11.6. The van der Waals surface area contributed by atoms with Crippen molar-refractivity contribution in [3.05, 3.63) is 128 Å². The molecule has 2 unspecified atom stereocenters. The molecule has 2 atom stereocenters. The summed E-state index contributed by atoms with van der Waals surface area (Å²) in [4.78, 5) is 26.8. The Hall–Kier alpha value is -2.60. The lowest BCUT2D eigenvalue weighted by atomic mass is 10.0. The van der Waals surface area contributed by atoms with Crippen LogP contribution in [0.15, 0.2) is 128 Å². The zero-order valence-electron chi connectivity index (χ0n) is 46.3. The van der Waals surface area contributed by atoms with Crippen LogP contribution >= 0.6 is 15.6 Å². The van der Waals surface area contributed by atoms with Gasteiger partial charge in [0, 0.05) is 0 Å². The summed E-state index contributed by atoms with van der Waals surface area (Å²) in [5.74, 6) is 0.221. The Bertz CT molecular complexity index is 1900. The van der Waals surface area contributed by atoms with E-state index in [9.17, 15) is 14.0 Å². The number of hydrogen-bond acceptors (Lipinski definition) is 4. The zero-order chi connectivity index (χ0) is 52.1. The molecular formula is C60H102O7P2. The van der Waals surface area contributed by atoms with E-state index in [0.29, 0.717) is 6.42 Å². The number of hydrogen-bond donors (Lipinski definition) is 3. The highest BCUT2D eigenvalue weighted by atomic mass is 31.3. The molecule has 0 heterocycles. The summed E-state index contributed by atoms with van der Waals surface area (Å²) >= 11 is 0. The highest BCUT2D eigenvalue weighted by Crippen LogP contribution is 2.57. The molecule has 0 fully saturated rings. The van der Waals surface area contributed by atoms with Crippen molar-refractivity contribution < 1.29 is 32.6 Å². The molecule has 7 nitrogen and oxygen atoms in total. The third-order valence-electron chi connectivity index (χ3n) is 12.6. The largest absolute Gasteiger partial charge is 0.481 e. The van der Waals surface area contributed by atoms with Crippen molar-refractivity contribution in [2.75, 3.05) is 6.61 Å². The highest BCUT2D eigenvalue weighted by Gasteiger charge is 2.32. The van der Waals surface area contributed by atoms with Crippen LogP contribution in [0.1, 0.15) is 238 Å². The quantitative estimate of drug-likeness (QED) is 0.0415. The van der Waals surface area contributed by atoms with Crippen molar-refractivity contribution in [3.8, 4) is 0 Å². The van der Waals surface area contributed by atoms with Crippen LogP contribution in [0.4, 0.5) is 0 Å². The maximum absolute atomic E-state index is 11.6. The van der Waals surface area contributed by atoms with Crippen molar-refractivity contribution in [3.63, 3.8) is 0 Å². The van der Waals surface area contributed by atoms with Crippen molar-refractivity contribution in [2.24, 2.45) is 5.92 Å². The Balaban J connectivity index is 4.29. The Morgan fingerprint density at radius 1 is 0.362 bits per heavy atom. The number of phosphoric ester groups is 1. The molecule has 394 valence electrons. The monoisotopic (exact) mass is 997 g/mol. The molecule has 0 aliphatic heterocycles. The number of phosphoric acid groups is 2. The molecule has 0 aromatic rings. The second-order valence-electron chi connectivity index (χ2n) is 20.5. The zero-order valence-corrected chi connectivity index (χ0v) is 48.1. The molecule has 0 aromatic carbocycles. The number of allylic oxidation sites excluding steroid dienone is 22. The predicted molar refractivity (Wildman–Crippen MR) is 301 cm³/mol. The van der Waals surface area contributed by atoms with Gasteiger partial charge in [-0.15, -0.1) is 0 Å². The maximum Gasteiger partial charge on any atom is 0.481 e. The van der Waals surface area contributed by atoms with Gasteiger partial charge in [0.25, 0.3) is 0 Å². The average Bonchev–Trinajstić information content (AvgIpc) is 3.22. The van der Waals surface area contributed by atoms with Gasteiger partial charge in [0.2, 0.25) is 0 Å². The molecule has 0 saturated carbocycles. The van der Waals surface area contributed by atoms with E-state index in [1.165, 1.54) is 80.6 Å². The summed E-state index contributed by atoms with van der Waals surface area (Å²) in [5, 5.41) is 0. The molecule has 0 bridgehead atoms. The normalized spacial score (nSPS) is 16.1. The first-order chi connectivity index (χ1) is 32.5. The molecule has 0 radical (unpaired) electrons. The molecule has 0 aliphatic rings. The Morgan fingerprint density at radius 2 is 0.580 bits per heavy atom. The van der Waals surface area contributed by atoms with Crippen molar-refractivity contribution >= 4 is 15.6 Å². The van der Waals surface area contributed by atoms with Crippen LogP contribution in [0.3, 0.4) is 0 Å². The molecule has 9 heteroatoms. The van der Waals surface area contributed by atoms with Crippen LogP contribution in [0.2, 0.25) is 0 Å². The first-order valence-corrected chi connectivity index (χ1v) is 29.4. The van der Waals surface area contributed by atoms with E-state index in [-0.39, 0.29) is 12.5 Å². The highest BCUT2D eigenvalue weighted by molar-refractivity contribution is 7.60. The van der Waals surface area contributed by atoms with Gasteiger partial charge >= 0.3 is 15.6 Å². The summed E-state index contributed by atoms with van der Waals surface area (Å²) < 4.78 is 30.8. The standard InChI is InChI=1S/C60H102O7P2/c1-49(2)25-14-26-50(3)27-15-28-51(4)29-16-30-52(5)31-17-32-53(6)33-18-34-54(7)35-19-36-55(8)37-20-38-56(9)39-21-40-57(10)41-22-42-58(11)43-23-44-59(12)45-24-46-60(13)47-48-66-69(64,65)67-68(61,62)63/h25,27,29,31,33,35,37,39,41,43,45,60H,14-24,26,28,30,32,34,36,38,40,42,44,46-48H2,1-13H3,(H,64,65)(H2,61,62,63)/b50-27+,51-29+,52-31-,53-33-,54-35-,55-37-,56-39-,57-41-,58-43-,59-45-. The van der Waals surface area contributed by atoms with Gasteiger partial charge in [0.1, 0.15) is 0 Å². The Kier molecular flexibility index (Phi) is 38.4. The summed E-state index contributed by atoms with van der Waals surface area (Å²) in [6, 6.07) is 0. The minimum absolute atomic E-state index is 0.112. The lowest BCUT2D eigenvalue weighted by molar-refractivity contribution is 0.170. The Morgan fingerprint density at radius 3 is 0.797 bits per heavy atom. The average molecular weight is 997 g/mol. The fourth-order valence-corrected chi connectivity index (χ4v) is 9.41. The van der Waals surface area contributed by atoms with E-state index in [4.69, 9.17) is 9.79 Å². The lowest BCUT2D eigenvalue weighted by Gasteiger charge is -2.14. The lowest BCUT2D eigenvalue weighted by Crippen LogP contribution is -2.02. The number of rotatable bonds is 39. The van der Waals surface area contributed by atoms with Crippen molar-refractivity contribution in [2.45, 2.75) is 238 Å². The van der Waals surface area contributed by atoms with Gasteiger partial charge in [-0.2, -0.15) is 4.31 Å². The molecule has 0 amide bonds. The predicted octanol–water partition coefficient (Wildman–Crippen LogP) is 20.3. The molecular weight excluding hydrogens is 895 g/mol. The molecule has 3 N–H and O–H groups in total. The van der Waals surface area contributed by atoms with E-state index < -0.39 is 15.6 Å². The van der Waals surface area contributed by atoms with Gasteiger partial charge in [0.15, 0.2) is 0 Å². The SMILES string of the molecule is CC(C)=CCC/C(C)=C/CC/C(C)=C/CC/C(C)=C\CC/C(C)=C\CC/C(C)=C\CC/C(C)=C\CC/C(C)=C\CC/C(C)=C\CC/C(C)=C\CC/C(C)=C\CCC(C)CCOP(=O)(O)OP(=O)(O)O. The van der Waals surface area contributed by atoms with E-state index >= 15 is 0 Å². The van der Waals surface area contributed by atoms with Crippen LogP contribution in [-0.2, 0) is 18.0 Å². The van der Waals surface area contributed by atoms with E-state index in [1.54, 1.807) is 0 Å². The van der Waals surface area contributed by atoms with Crippen LogP contribution in [0.25, 0.3) is 0 Å². The third kappa shape index (κ3) is 45.0. The fourth-order valence-electron chi connectivity index (χ4n) is 7.81. The fraction of sp³-hybridized carbons (Fsp3) is 0.633. The van der Waals surface area contributed by atoms with Crippen molar-refractivity contribution in [1.29, 1.82) is 0 Å². The van der Waals surface area contributed by atoms with Gasteiger partial charge in [-0.3, -0.25) is 4.52 Å². The van der Waals surface area contributed by atoms with Gasteiger partial charge < -0.3 is 14.7 Å². The van der Waals surface area contributed by atoms with Crippen LogP contribution in [0, 0.1) is 5.92 Å². The molecule has 0 spiro atoms. The minimum atomic E-state index is -5.09. The van der Waals surface area contributed by atoms with Crippen LogP contribution < -0.4 is 0 Å². The van der Waals surface area contributed by atoms with E-state index in [0.717, 1.165) is 122 Å². The summed E-state index contributed by atoms with van der Waals surface area (Å²) in [6.45, 7) is 28.9. The van der Waals surface area contributed by atoms with Crippen LogP contribution in [-0.4, -0.2) is 21.3 Å². The topological polar surface area (TPSA) is 113 Å². The molecule has 0 rings (SSSR count). The molecule has 0 saturated heterocycles. The van der Waals surface area contributed by atoms with Gasteiger partial charge in [-0.05, 0) is 237 Å². The van der Waals surface area contributed by atoms with Crippen molar-refractivity contribution in [1.82, 2.24) is 0 Å². The minimum Gasteiger partial charge on any atom is -0.302 e. The summed E-state index contributed by atoms with van der Waals surface area (Å²) in [6.07, 6.45) is 51.2.